The molecule has 0 aromatic carbocycles. The minimum Gasteiger partial charge on any atom is -0.372 e. The van der Waals surface area contributed by atoms with Gasteiger partial charge in [-0.15, -0.1) is 11.3 Å². The van der Waals surface area contributed by atoms with Crippen LogP contribution in [0.1, 0.15) is 20.7 Å². The van der Waals surface area contributed by atoms with Gasteiger partial charge in [0.1, 0.15) is 0 Å². The molecule has 0 fully saturated rings. The second kappa shape index (κ2) is 3.56. The van der Waals surface area contributed by atoms with E-state index in [9.17, 15) is 0 Å². The Labute approximate surface area is 80.8 Å². The molecule has 2 heterocycles. The summed E-state index contributed by atoms with van der Waals surface area (Å²) in [6.45, 7) is -1.06. The molecule has 0 aliphatic carbocycles. The van der Waals surface area contributed by atoms with Crippen LogP contribution < -0.4 is 5.32 Å². The third-order valence-corrected chi connectivity index (χ3v) is 3.06. The van der Waals surface area contributed by atoms with Crippen molar-refractivity contribution in [2.45, 2.75) is 12.5 Å². The van der Waals surface area contributed by atoms with E-state index in [0.29, 0.717) is 13.2 Å². The van der Waals surface area contributed by atoms with Crippen molar-refractivity contribution >= 4 is 11.3 Å². The lowest BCUT2D eigenvalue weighted by Gasteiger charge is -2.22. The lowest BCUT2D eigenvalue weighted by molar-refractivity contribution is 0.0451. The van der Waals surface area contributed by atoms with E-state index < -0.39 is 6.98 Å². The van der Waals surface area contributed by atoms with E-state index in [0.717, 1.165) is 12.0 Å². The zero-order chi connectivity index (χ0) is 10.9. The van der Waals surface area contributed by atoms with Crippen molar-refractivity contribution in [3.8, 4) is 0 Å². The summed E-state index contributed by atoms with van der Waals surface area (Å²) in [4.78, 5) is 1.32. The first kappa shape index (κ1) is 5.37. The van der Waals surface area contributed by atoms with Gasteiger partial charge in [-0.2, -0.15) is 0 Å². The second-order valence-corrected chi connectivity index (χ2v) is 3.79. The molecule has 3 heteroatoms. The SMILES string of the molecule is [2H]C([2H])([2H])NC[C@H]1OCCc2sccc21. The molecule has 1 aliphatic heterocycles. The smallest absolute Gasteiger partial charge is 0.0959 e. The van der Waals surface area contributed by atoms with Gasteiger partial charge in [0.05, 0.1) is 12.7 Å². The van der Waals surface area contributed by atoms with Crippen molar-refractivity contribution in [2.75, 3.05) is 20.1 Å². The Morgan fingerprint density at radius 2 is 2.92 bits per heavy atom. The number of likely N-dealkylation sites (N-methyl/N-ethyl adjacent to an activating group) is 1. The Hall–Kier alpha value is -0.380. The zero-order valence-corrected chi connectivity index (χ0v) is 7.49. The van der Waals surface area contributed by atoms with Crippen molar-refractivity contribution in [1.29, 1.82) is 0 Å². The highest BCUT2D eigenvalue weighted by molar-refractivity contribution is 7.10. The summed E-state index contributed by atoms with van der Waals surface area (Å²) < 4.78 is 26.8. The third-order valence-electron chi connectivity index (χ3n) is 2.06. The quantitative estimate of drug-likeness (QED) is 0.757. The van der Waals surface area contributed by atoms with Crippen LogP contribution in [0.25, 0.3) is 0 Å². The van der Waals surface area contributed by atoms with Crippen molar-refractivity contribution in [3.05, 3.63) is 21.9 Å². The van der Waals surface area contributed by atoms with E-state index in [-0.39, 0.29) is 6.10 Å². The molecule has 1 aliphatic rings. The standard InChI is InChI=1S/C9H13NOS/c1-10-6-8-7-3-5-12-9(7)2-4-11-8/h3,5,8,10H,2,4,6H2,1H3/t8-/m1/s1/i1D3. The van der Waals surface area contributed by atoms with Gasteiger partial charge in [-0.1, -0.05) is 0 Å². The van der Waals surface area contributed by atoms with Gasteiger partial charge in [-0.25, -0.2) is 0 Å². The number of thiophene rings is 1. The first-order valence-corrected chi connectivity index (χ1v) is 4.87. The molecule has 2 rings (SSSR count). The topological polar surface area (TPSA) is 21.3 Å². The molecular formula is C9H13NOS. The van der Waals surface area contributed by atoms with Gasteiger partial charge >= 0.3 is 0 Å². The fraction of sp³-hybridized carbons (Fsp3) is 0.556. The molecule has 1 N–H and O–H groups in total. The van der Waals surface area contributed by atoms with E-state index in [2.05, 4.69) is 5.32 Å². The summed E-state index contributed by atoms with van der Waals surface area (Å²) in [5.74, 6) is 0. The van der Waals surface area contributed by atoms with Gasteiger partial charge in [0, 0.05) is 22.0 Å². The minimum absolute atomic E-state index is 0.111. The zero-order valence-electron chi connectivity index (χ0n) is 9.67. The van der Waals surface area contributed by atoms with Crippen molar-refractivity contribution < 1.29 is 8.85 Å². The van der Waals surface area contributed by atoms with Crippen LogP contribution in [0.4, 0.5) is 0 Å². The monoisotopic (exact) mass is 186 g/mol. The molecule has 0 amide bonds. The van der Waals surface area contributed by atoms with Crippen LogP contribution in [-0.2, 0) is 11.2 Å². The van der Waals surface area contributed by atoms with Crippen LogP contribution in [0.5, 0.6) is 0 Å². The summed E-state index contributed by atoms with van der Waals surface area (Å²) >= 11 is 1.71. The van der Waals surface area contributed by atoms with E-state index in [4.69, 9.17) is 8.85 Å². The lowest BCUT2D eigenvalue weighted by atomic mass is 10.1. The maximum absolute atomic E-state index is 7.07. The Kier molecular flexibility index (Phi) is 1.59. The number of fused-ring (bicyclic) bond motifs is 1. The highest BCUT2D eigenvalue weighted by Crippen LogP contribution is 2.30. The van der Waals surface area contributed by atoms with Gasteiger partial charge in [0.25, 0.3) is 0 Å². The molecule has 0 bridgehead atoms. The maximum Gasteiger partial charge on any atom is 0.0959 e. The Balaban J connectivity index is 2.01. The largest absolute Gasteiger partial charge is 0.372 e. The number of ether oxygens (including phenoxy) is 1. The third kappa shape index (κ3) is 1.40. The number of hydrogen-bond acceptors (Lipinski definition) is 3. The number of hydrogen-bond donors (Lipinski definition) is 1. The van der Waals surface area contributed by atoms with E-state index in [1.165, 1.54) is 4.88 Å². The highest BCUT2D eigenvalue weighted by Gasteiger charge is 2.20. The molecule has 0 spiro atoms. The molecule has 12 heavy (non-hydrogen) atoms. The predicted octanol–water partition coefficient (Wildman–Crippen LogP) is 1.58. The van der Waals surface area contributed by atoms with Crippen LogP contribution in [0, 0.1) is 0 Å². The van der Waals surface area contributed by atoms with Crippen LogP contribution in [-0.4, -0.2) is 20.1 Å². The van der Waals surface area contributed by atoms with Crippen LogP contribution in [0.15, 0.2) is 11.4 Å². The maximum atomic E-state index is 7.07. The Morgan fingerprint density at radius 1 is 1.92 bits per heavy atom. The molecule has 1 aromatic rings. The predicted molar refractivity (Wildman–Crippen MR) is 50.6 cm³/mol. The van der Waals surface area contributed by atoms with E-state index in [1.54, 1.807) is 11.3 Å². The van der Waals surface area contributed by atoms with Gasteiger partial charge < -0.3 is 10.1 Å². The normalized spacial score (nSPS) is 27.0. The average molecular weight is 186 g/mol. The van der Waals surface area contributed by atoms with E-state index in [1.807, 2.05) is 11.4 Å². The molecule has 0 saturated heterocycles. The summed E-state index contributed by atoms with van der Waals surface area (Å²) in [7, 11) is 0. The van der Waals surface area contributed by atoms with Crippen LogP contribution >= 0.6 is 11.3 Å². The van der Waals surface area contributed by atoms with Crippen LogP contribution in [0.3, 0.4) is 0 Å². The molecular weight excluding hydrogens is 170 g/mol. The second-order valence-electron chi connectivity index (χ2n) is 2.79. The molecule has 66 valence electrons. The first-order chi connectivity index (χ1) is 7.06. The molecule has 0 radical (unpaired) electrons. The van der Waals surface area contributed by atoms with Gasteiger partial charge in [-0.3, -0.25) is 0 Å². The molecule has 0 unspecified atom stereocenters. The van der Waals surface area contributed by atoms with Gasteiger partial charge in [0.2, 0.25) is 0 Å². The minimum atomic E-state index is -2.09. The fourth-order valence-electron chi connectivity index (χ4n) is 1.49. The van der Waals surface area contributed by atoms with E-state index >= 15 is 0 Å². The summed E-state index contributed by atoms with van der Waals surface area (Å²) in [5.41, 5.74) is 1.14. The van der Waals surface area contributed by atoms with Crippen LogP contribution in [0.2, 0.25) is 0 Å². The van der Waals surface area contributed by atoms with Gasteiger partial charge in [-0.05, 0) is 24.0 Å². The summed E-state index contributed by atoms with van der Waals surface area (Å²) in [6.07, 6.45) is 0.831. The number of rotatable bonds is 2. The van der Waals surface area contributed by atoms with Gasteiger partial charge in [0.15, 0.2) is 0 Å². The van der Waals surface area contributed by atoms with Crippen molar-refractivity contribution in [3.63, 3.8) is 0 Å². The molecule has 1 aromatic heterocycles. The average Bonchev–Trinajstić information content (AvgIpc) is 2.61. The highest BCUT2D eigenvalue weighted by atomic mass is 32.1. The summed E-state index contributed by atoms with van der Waals surface area (Å²) in [6, 6.07) is 2.02. The Morgan fingerprint density at radius 3 is 3.83 bits per heavy atom. The number of nitrogens with one attached hydrogen (secondary N) is 1. The molecule has 1 atom stereocenters. The van der Waals surface area contributed by atoms with Crippen molar-refractivity contribution in [1.82, 2.24) is 5.32 Å². The van der Waals surface area contributed by atoms with Crippen molar-refractivity contribution in [2.24, 2.45) is 0 Å². The first-order valence-electron chi connectivity index (χ1n) is 5.49. The summed E-state index contributed by atoms with van der Waals surface area (Å²) in [5, 5.41) is 4.53. The fourth-order valence-corrected chi connectivity index (χ4v) is 2.40. The Bertz CT molecular complexity index is 336. The molecule has 0 saturated carbocycles. The lowest BCUT2D eigenvalue weighted by Crippen LogP contribution is -2.24. The molecule has 2 nitrogen and oxygen atoms in total.